The first-order valence-corrected chi connectivity index (χ1v) is 10.4. The number of aryl methyl sites for hydroxylation is 1. The van der Waals surface area contributed by atoms with Crippen molar-refractivity contribution in [1.82, 2.24) is 20.4 Å². The van der Waals surface area contributed by atoms with Crippen molar-refractivity contribution in [2.45, 2.75) is 32.7 Å². The summed E-state index contributed by atoms with van der Waals surface area (Å²) in [6.07, 6.45) is 1.29. The van der Waals surface area contributed by atoms with E-state index >= 15 is 0 Å². The van der Waals surface area contributed by atoms with Crippen LogP contribution in [0.15, 0.2) is 24.3 Å². The van der Waals surface area contributed by atoms with E-state index in [2.05, 4.69) is 27.4 Å². The minimum atomic E-state index is -0.181. The molecule has 0 aromatic heterocycles. The first kappa shape index (κ1) is 20.6. The van der Waals surface area contributed by atoms with Crippen molar-refractivity contribution in [2.75, 3.05) is 57.3 Å². The van der Waals surface area contributed by atoms with Crippen LogP contribution < -0.4 is 15.5 Å². The lowest BCUT2D eigenvalue weighted by Gasteiger charge is -2.33. The third-order valence-electron chi connectivity index (χ3n) is 5.65. The van der Waals surface area contributed by atoms with Crippen LogP contribution in [0.2, 0.25) is 0 Å². The first-order valence-electron chi connectivity index (χ1n) is 10.4. The van der Waals surface area contributed by atoms with Gasteiger partial charge in [0.05, 0.1) is 6.04 Å². The molecule has 2 saturated heterocycles. The fraction of sp³-hybridized carbons (Fsp3) is 0.619. The van der Waals surface area contributed by atoms with Crippen molar-refractivity contribution >= 4 is 17.6 Å². The molecule has 0 saturated carbocycles. The maximum Gasteiger partial charge on any atom is 0.315 e. The Morgan fingerprint density at radius 1 is 1.11 bits per heavy atom. The van der Waals surface area contributed by atoms with Gasteiger partial charge >= 0.3 is 6.03 Å². The summed E-state index contributed by atoms with van der Waals surface area (Å²) in [4.78, 5) is 31.1. The molecule has 2 fully saturated rings. The second-order valence-corrected chi connectivity index (χ2v) is 7.77. The van der Waals surface area contributed by atoms with Gasteiger partial charge in [-0.05, 0) is 38.6 Å². The Labute approximate surface area is 168 Å². The molecule has 28 heavy (non-hydrogen) atoms. The Morgan fingerprint density at radius 2 is 1.79 bits per heavy atom. The highest BCUT2D eigenvalue weighted by Gasteiger charge is 2.31. The molecule has 2 aliphatic heterocycles. The average Bonchev–Trinajstić information content (AvgIpc) is 3.06. The molecule has 0 spiro atoms. The number of hydrogen-bond donors (Lipinski definition) is 2. The summed E-state index contributed by atoms with van der Waals surface area (Å²) in [6.45, 7) is 12.0. The molecule has 3 rings (SSSR count). The zero-order valence-electron chi connectivity index (χ0n) is 17.1. The zero-order valence-corrected chi connectivity index (χ0v) is 17.1. The number of likely N-dealkylation sites (N-methyl/N-ethyl adjacent to an activating group) is 1. The van der Waals surface area contributed by atoms with Crippen molar-refractivity contribution in [3.8, 4) is 0 Å². The third-order valence-corrected chi connectivity index (χ3v) is 5.65. The van der Waals surface area contributed by atoms with Gasteiger partial charge in [-0.1, -0.05) is 24.6 Å². The largest absolute Gasteiger partial charge is 0.338 e. The second-order valence-electron chi connectivity index (χ2n) is 7.77. The highest BCUT2D eigenvalue weighted by Crippen LogP contribution is 2.21. The predicted molar refractivity (Wildman–Crippen MR) is 112 cm³/mol. The van der Waals surface area contributed by atoms with Gasteiger partial charge in [0.25, 0.3) is 0 Å². The summed E-state index contributed by atoms with van der Waals surface area (Å²) in [7, 11) is 0. The van der Waals surface area contributed by atoms with Crippen LogP contribution in [0.1, 0.15) is 25.3 Å². The molecule has 1 aromatic carbocycles. The molecule has 2 heterocycles. The molecule has 2 aliphatic rings. The smallest absolute Gasteiger partial charge is 0.315 e. The number of piperazine rings is 1. The highest BCUT2D eigenvalue weighted by atomic mass is 16.2. The first-order chi connectivity index (χ1) is 13.5. The quantitative estimate of drug-likeness (QED) is 0.695. The third kappa shape index (κ3) is 5.69. The molecule has 154 valence electrons. The zero-order chi connectivity index (χ0) is 19.9. The van der Waals surface area contributed by atoms with Crippen LogP contribution in [-0.2, 0) is 4.79 Å². The normalized spacial score (nSPS) is 21.1. The van der Waals surface area contributed by atoms with E-state index < -0.39 is 0 Å². The maximum absolute atomic E-state index is 12.3. The molecular formula is C21H33N5O2. The van der Waals surface area contributed by atoms with E-state index in [0.717, 1.165) is 56.9 Å². The lowest BCUT2D eigenvalue weighted by Crippen LogP contribution is -2.47. The number of benzene rings is 1. The van der Waals surface area contributed by atoms with Crippen LogP contribution in [0, 0.1) is 6.92 Å². The molecule has 7 nitrogen and oxygen atoms in total. The Balaban J connectivity index is 1.33. The van der Waals surface area contributed by atoms with Gasteiger partial charge in [-0.25, -0.2) is 4.79 Å². The van der Waals surface area contributed by atoms with E-state index in [1.807, 2.05) is 31.2 Å². The van der Waals surface area contributed by atoms with Crippen LogP contribution >= 0.6 is 0 Å². The number of nitrogens with one attached hydrogen (secondary N) is 2. The number of rotatable bonds is 7. The molecule has 0 unspecified atom stereocenters. The second kappa shape index (κ2) is 9.89. The Morgan fingerprint density at radius 3 is 2.46 bits per heavy atom. The van der Waals surface area contributed by atoms with Gasteiger partial charge in [0.15, 0.2) is 0 Å². The van der Waals surface area contributed by atoms with Gasteiger partial charge in [-0.2, -0.15) is 0 Å². The number of urea groups is 1. The standard InChI is InChI=1S/C21H33N5O2/c1-3-24-11-13-25(14-12-24)10-4-9-22-21(28)23-18-15-20(27)26(16-18)19-7-5-17(2)6-8-19/h5-8,18H,3-4,9-16H2,1-2H3,(H2,22,23,28)/t18-/m1/s1. The Kier molecular flexibility index (Phi) is 7.28. The molecule has 0 radical (unpaired) electrons. The topological polar surface area (TPSA) is 67.9 Å². The minimum absolute atomic E-state index is 0.0559. The van der Waals surface area contributed by atoms with Crippen LogP contribution in [-0.4, -0.2) is 80.1 Å². The predicted octanol–water partition coefficient (Wildman–Crippen LogP) is 1.43. The number of hydrogen-bond acceptors (Lipinski definition) is 4. The number of anilines is 1. The summed E-state index contributed by atoms with van der Waals surface area (Å²) in [5, 5.41) is 5.87. The fourth-order valence-corrected chi connectivity index (χ4v) is 3.85. The molecule has 1 aromatic rings. The van der Waals surface area contributed by atoms with Crippen molar-refractivity contribution in [3.63, 3.8) is 0 Å². The number of carbonyl (C=O) groups is 2. The van der Waals surface area contributed by atoms with Crippen molar-refractivity contribution in [3.05, 3.63) is 29.8 Å². The fourth-order valence-electron chi connectivity index (χ4n) is 3.85. The molecule has 0 bridgehead atoms. The van der Waals surface area contributed by atoms with Crippen LogP contribution in [0.4, 0.5) is 10.5 Å². The van der Waals surface area contributed by atoms with Crippen LogP contribution in [0.3, 0.4) is 0 Å². The van der Waals surface area contributed by atoms with Gasteiger partial charge in [-0.15, -0.1) is 0 Å². The lowest BCUT2D eigenvalue weighted by molar-refractivity contribution is -0.117. The number of carbonyl (C=O) groups excluding carboxylic acids is 2. The van der Waals surface area contributed by atoms with Gasteiger partial charge in [0.1, 0.15) is 0 Å². The molecule has 3 amide bonds. The summed E-state index contributed by atoms with van der Waals surface area (Å²) in [5.41, 5.74) is 2.06. The molecule has 7 heteroatoms. The summed E-state index contributed by atoms with van der Waals surface area (Å²) in [5.74, 6) is 0.0559. The highest BCUT2D eigenvalue weighted by molar-refractivity contribution is 5.96. The van der Waals surface area contributed by atoms with Crippen molar-refractivity contribution < 1.29 is 9.59 Å². The van der Waals surface area contributed by atoms with Gasteiger partial charge < -0.3 is 25.3 Å². The van der Waals surface area contributed by atoms with Gasteiger partial charge in [0, 0.05) is 51.4 Å². The number of nitrogens with zero attached hydrogens (tertiary/aromatic N) is 3. The van der Waals surface area contributed by atoms with E-state index in [9.17, 15) is 9.59 Å². The van der Waals surface area contributed by atoms with Crippen LogP contribution in [0.25, 0.3) is 0 Å². The van der Waals surface area contributed by atoms with E-state index in [4.69, 9.17) is 0 Å². The monoisotopic (exact) mass is 387 g/mol. The average molecular weight is 388 g/mol. The summed E-state index contributed by atoms with van der Waals surface area (Å²) >= 11 is 0. The maximum atomic E-state index is 12.3. The van der Waals surface area contributed by atoms with Gasteiger partial charge in [0.2, 0.25) is 5.91 Å². The number of amides is 3. The van der Waals surface area contributed by atoms with E-state index in [1.165, 1.54) is 0 Å². The van der Waals surface area contributed by atoms with E-state index in [0.29, 0.717) is 19.5 Å². The van der Waals surface area contributed by atoms with Crippen molar-refractivity contribution in [2.24, 2.45) is 0 Å². The minimum Gasteiger partial charge on any atom is -0.338 e. The van der Waals surface area contributed by atoms with E-state index in [-0.39, 0.29) is 18.0 Å². The Bertz CT molecular complexity index is 655. The summed E-state index contributed by atoms with van der Waals surface area (Å²) < 4.78 is 0. The van der Waals surface area contributed by atoms with Crippen molar-refractivity contribution in [1.29, 1.82) is 0 Å². The van der Waals surface area contributed by atoms with Gasteiger partial charge in [-0.3, -0.25) is 4.79 Å². The Hall–Kier alpha value is -2.12. The van der Waals surface area contributed by atoms with Crippen LogP contribution in [0.5, 0.6) is 0 Å². The SMILES string of the molecule is CCN1CCN(CCCNC(=O)N[C@@H]2CC(=O)N(c3ccc(C)cc3)C2)CC1. The summed E-state index contributed by atoms with van der Waals surface area (Å²) in [6, 6.07) is 7.58. The molecular weight excluding hydrogens is 354 g/mol. The molecule has 2 N–H and O–H groups in total. The molecule has 0 aliphatic carbocycles. The van der Waals surface area contributed by atoms with E-state index in [1.54, 1.807) is 4.90 Å². The molecule has 1 atom stereocenters. The lowest BCUT2D eigenvalue weighted by atomic mass is 10.2.